The van der Waals surface area contributed by atoms with Gasteiger partial charge in [0.15, 0.2) is 0 Å². The Morgan fingerprint density at radius 3 is 2.60 bits per heavy atom. The Bertz CT molecular complexity index is 569. The number of hydrogen-bond acceptors (Lipinski definition) is 1. The second kappa shape index (κ2) is 7.09. The summed E-state index contributed by atoms with van der Waals surface area (Å²) >= 11 is 0. The zero-order valence-electron chi connectivity index (χ0n) is 12.0. The van der Waals surface area contributed by atoms with E-state index in [0.717, 1.165) is 32.1 Å². The summed E-state index contributed by atoms with van der Waals surface area (Å²) in [4.78, 5) is 10.7. The van der Waals surface area contributed by atoms with E-state index in [1.807, 2.05) is 0 Å². The normalized spacial score (nSPS) is 12.4. The van der Waals surface area contributed by atoms with Crippen molar-refractivity contribution in [2.45, 2.75) is 39.0 Å². The number of benzene rings is 2. The molecule has 1 unspecified atom stereocenters. The zero-order valence-corrected chi connectivity index (χ0v) is 12.0. The van der Waals surface area contributed by atoms with Crippen LogP contribution in [0.4, 0.5) is 0 Å². The Balaban J connectivity index is 1.83. The van der Waals surface area contributed by atoms with Crippen molar-refractivity contribution < 1.29 is 9.90 Å². The summed E-state index contributed by atoms with van der Waals surface area (Å²) in [7, 11) is 0. The third-order valence-electron chi connectivity index (χ3n) is 3.88. The van der Waals surface area contributed by atoms with Crippen molar-refractivity contribution in [2.75, 3.05) is 0 Å². The first-order valence-corrected chi connectivity index (χ1v) is 7.38. The predicted molar refractivity (Wildman–Crippen MR) is 82.9 cm³/mol. The van der Waals surface area contributed by atoms with Gasteiger partial charge in [0.25, 0.3) is 0 Å². The molecule has 0 bridgehead atoms. The third-order valence-corrected chi connectivity index (χ3v) is 3.88. The lowest BCUT2D eigenvalue weighted by Gasteiger charge is -2.08. The van der Waals surface area contributed by atoms with E-state index in [1.54, 1.807) is 6.92 Å². The zero-order chi connectivity index (χ0) is 14.4. The topological polar surface area (TPSA) is 37.3 Å². The highest BCUT2D eigenvalue weighted by Crippen LogP contribution is 2.20. The largest absolute Gasteiger partial charge is 0.481 e. The lowest BCUT2D eigenvalue weighted by atomic mass is 9.98. The van der Waals surface area contributed by atoms with Gasteiger partial charge < -0.3 is 5.11 Å². The highest BCUT2D eigenvalue weighted by atomic mass is 16.4. The van der Waals surface area contributed by atoms with Crippen molar-refractivity contribution in [3.63, 3.8) is 0 Å². The summed E-state index contributed by atoms with van der Waals surface area (Å²) in [5, 5.41) is 11.5. The summed E-state index contributed by atoms with van der Waals surface area (Å²) in [6.45, 7) is 1.78. The molecule has 0 amide bonds. The van der Waals surface area contributed by atoms with Crippen LogP contribution in [-0.4, -0.2) is 11.1 Å². The van der Waals surface area contributed by atoms with E-state index in [-0.39, 0.29) is 5.92 Å². The van der Waals surface area contributed by atoms with Crippen molar-refractivity contribution in [2.24, 2.45) is 5.92 Å². The van der Waals surface area contributed by atoms with Crippen LogP contribution in [0.1, 0.15) is 38.2 Å². The van der Waals surface area contributed by atoms with E-state index in [2.05, 4.69) is 42.5 Å². The average Bonchev–Trinajstić information content (AvgIpc) is 2.46. The van der Waals surface area contributed by atoms with Crippen molar-refractivity contribution in [3.8, 4) is 0 Å². The van der Waals surface area contributed by atoms with E-state index >= 15 is 0 Å². The fourth-order valence-electron chi connectivity index (χ4n) is 2.58. The van der Waals surface area contributed by atoms with Gasteiger partial charge in [0.1, 0.15) is 0 Å². The molecule has 1 N–H and O–H groups in total. The average molecular weight is 270 g/mol. The summed E-state index contributed by atoms with van der Waals surface area (Å²) < 4.78 is 0. The Morgan fingerprint density at radius 1 is 1.05 bits per heavy atom. The van der Waals surface area contributed by atoms with Crippen molar-refractivity contribution in [3.05, 3.63) is 48.0 Å². The van der Waals surface area contributed by atoms with Gasteiger partial charge in [0.05, 0.1) is 5.92 Å². The van der Waals surface area contributed by atoms with Crippen LogP contribution in [-0.2, 0) is 11.2 Å². The quantitative estimate of drug-likeness (QED) is 0.743. The van der Waals surface area contributed by atoms with E-state index in [4.69, 9.17) is 5.11 Å². The van der Waals surface area contributed by atoms with Crippen molar-refractivity contribution in [1.29, 1.82) is 0 Å². The minimum Gasteiger partial charge on any atom is -0.481 e. The minimum atomic E-state index is -0.681. The van der Waals surface area contributed by atoms with Gasteiger partial charge in [-0.15, -0.1) is 0 Å². The number of rotatable bonds is 7. The molecule has 2 nitrogen and oxygen atoms in total. The molecule has 20 heavy (non-hydrogen) atoms. The summed E-state index contributed by atoms with van der Waals surface area (Å²) in [6, 6.07) is 14.9. The van der Waals surface area contributed by atoms with Crippen LogP contribution in [0.5, 0.6) is 0 Å². The lowest BCUT2D eigenvalue weighted by molar-refractivity contribution is -0.141. The van der Waals surface area contributed by atoms with Gasteiger partial charge >= 0.3 is 5.97 Å². The van der Waals surface area contributed by atoms with Crippen LogP contribution in [0, 0.1) is 5.92 Å². The molecule has 0 spiro atoms. The fraction of sp³-hybridized carbons (Fsp3) is 0.389. The van der Waals surface area contributed by atoms with Crippen LogP contribution < -0.4 is 0 Å². The van der Waals surface area contributed by atoms with Crippen LogP contribution >= 0.6 is 0 Å². The minimum absolute atomic E-state index is 0.215. The molecule has 0 aromatic heterocycles. The van der Waals surface area contributed by atoms with Gasteiger partial charge in [-0.25, -0.2) is 0 Å². The van der Waals surface area contributed by atoms with E-state index in [0.29, 0.717) is 0 Å². The van der Waals surface area contributed by atoms with E-state index < -0.39 is 5.97 Å². The Labute approximate surface area is 120 Å². The Morgan fingerprint density at radius 2 is 1.80 bits per heavy atom. The number of hydrogen-bond donors (Lipinski definition) is 1. The molecule has 0 saturated carbocycles. The Hall–Kier alpha value is -1.83. The molecular weight excluding hydrogens is 248 g/mol. The standard InChI is InChI=1S/C18H22O2/c1-14(18(19)20)8-3-2-4-9-15-11-7-12-16-10-5-6-13-17(15)16/h5-7,10-14H,2-4,8-9H2,1H3,(H,19,20). The van der Waals surface area contributed by atoms with E-state index in [9.17, 15) is 4.79 Å². The number of aliphatic carboxylic acids is 1. The first-order chi connectivity index (χ1) is 9.68. The van der Waals surface area contributed by atoms with Crippen LogP contribution in [0.25, 0.3) is 10.8 Å². The smallest absolute Gasteiger partial charge is 0.306 e. The van der Waals surface area contributed by atoms with Crippen LogP contribution in [0.15, 0.2) is 42.5 Å². The first-order valence-electron chi connectivity index (χ1n) is 7.38. The second-order valence-electron chi connectivity index (χ2n) is 5.48. The van der Waals surface area contributed by atoms with Gasteiger partial charge in [-0.3, -0.25) is 4.79 Å². The third kappa shape index (κ3) is 3.83. The SMILES string of the molecule is CC(CCCCCc1cccc2ccccc12)C(=O)O. The summed E-state index contributed by atoms with van der Waals surface area (Å²) in [5.41, 5.74) is 1.40. The highest BCUT2D eigenvalue weighted by molar-refractivity contribution is 5.85. The summed E-state index contributed by atoms with van der Waals surface area (Å²) in [6.07, 6.45) is 5.08. The van der Waals surface area contributed by atoms with Gasteiger partial charge in [-0.2, -0.15) is 0 Å². The molecule has 0 saturated heterocycles. The molecular formula is C18H22O2. The molecule has 0 aliphatic rings. The van der Waals surface area contributed by atoms with Crippen molar-refractivity contribution >= 4 is 16.7 Å². The van der Waals surface area contributed by atoms with Crippen molar-refractivity contribution in [1.82, 2.24) is 0 Å². The lowest BCUT2D eigenvalue weighted by Crippen LogP contribution is -2.08. The number of carboxylic acids is 1. The molecule has 0 heterocycles. The summed E-state index contributed by atoms with van der Waals surface area (Å²) in [5.74, 6) is -0.897. The second-order valence-corrected chi connectivity index (χ2v) is 5.48. The van der Waals surface area contributed by atoms with Crippen LogP contribution in [0.3, 0.4) is 0 Å². The van der Waals surface area contributed by atoms with Crippen LogP contribution in [0.2, 0.25) is 0 Å². The van der Waals surface area contributed by atoms with Gasteiger partial charge in [0, 0.05) is 0 Å². The highest BCUT2D eigenvalue weighted by Gasteiger charge is 2.09. The molecule has 2 aromatic rings. The van der Waals surface area contributed by atoms with E-state index in [1.165, 1.54) is 16.3 Å². The fourth-order valence-corrected chi connectivity index (χ4v) is 2.58. The maximum absolute atomic E-state index is 10.7. The van der Waals surface area contributed by atoms with Gasteiger partial charge in [-0.05, 0) is 35.6 Å². The molecule has 1 atom stereocenters. The predicted octanol–water partition coefficient (Wildman–Crippen LogP) is 4.66. The monoisotopic (exact) mass is 270 g/mol. The number of unbranched alkanes of at least 4 members (excludes halogenated alkanes) is 2. The Kier molecular flexibility index (Phi) is 5.16. The number of aryl methyl sites for hydroxylation is 1. The molecule has 106 valence electrons. The molecule has 2 heteroatoms. The number of fused-ring (bicyclic) bond motifs is 1. The van der Waals surface area contributed by atoms with Gasteiger partial charge in [0.2, 0.25) is 0 Å². The first kappa shape index (κ1) is 14.6. The molecule has 0 aliphatic carbocycles. The number of carbonyl (C=O) groups is 1. The maximum atomic E-state index is 10.7. The molecule has 0 aliphatic heterocycles. The van der Waals surface area contributed by atoms with Gasteiger partial charge in [-0.1, -0.05) is 62.2 Å². The maximum Gasteiger partial charge on any atom is 0.306 e. The molecule has 2 rings (SSSR count). The molecule has 2 aromatic carbocycles. The molecule has 0 radical (unpaired) electrons. The number of carboxylic acid groups (broad SMARTS) is 1. The molecule has 0 fully saturated rings.